The van der Waals surface area contributed by atoms with Crippen molar-refractivity contribution in [3.8, 4) is 11.8 Å². The maximum Gasteiger partial charge on any atom is 0.412 e. The monoisotopic (exact) mass is 289 g/mol. The molecule has 0 bridgehead atoms. The van der Waals surface area contributed by atoms with Crippen LogP contribution in [0, 0.1) is 18.8 Å². The van der Waals surface area contributed by atoms with Crippen molar-refractivity contribution < 1.29 is 14.6 Å². The fraction of sp³-hybridized carbons (Fsp3) is 0.471. The Morgan fingerprint density at radius 3 is 2.67 bits per heavy atom. The third kappa shape index (κ3) is 6.82. The van der Waals surface area contributed by atoms with Crippen molar-refractivity contribution in [3.05, 3.63) is 29.3 Å². The molecule has 2 N–H and O–H groups in total. The van der Waals surface area contributed by atoms with E-state index in [9.17, 15) is 4.79 Å². The number of hydrogen-bond acceptors (Lipinski definition) is 3. The van der Waals surface area contributed by atoms with E-state index in [1.54, 1.807) is 6.07 Å². The van der Waals surface area contributed by atoms with E-state index in [0.29, 0.717) is 18.5 Å². The molecular weight excluding hydrogens is 266 g/mol. The largest absolute Gasteiger partial charge is 0.444 e. The number of ether oxygens (including phenoxy) is 1. The number of carbonyl (C=O) groups is 1. The fourth-order valence-corrected chi connectivity index (χ4v) is 1.63. The molecule has 0 saturated carbocycles. The van der Waals surface area contributed by atoms with Crippen LogP contribution in [0.2, 0.25) is 0 Å². The number of benzene rings is 1. The minimum atomic E-state index is -0.517. The van der Waals surface area contributed by atoms with E-state index in [0.717, 1.165) is 11.1 Å². The zero-order valence-corrected chi connectivity index (χ0v) is 13.1. The van der Waals surface area contributed by atoms with E-state index < -0.39 is 11.7 Å². The molecule has 114 valence electrons. The van der Waals surface area contributed by atoms with Crippen molar-refractivity contribution in [3.63, 3.8) is 0 Å². The first-order chi connectivity index (χ1) is 9.81. The molecule has 0 heterocycles. The van der Waals surface area contributed by atoms with Crippen LogP contribution < -0.4 is 5.32 Å². The van der Waals surface area contributed by atoms with Gasteiger partial charge >= 0.3 is 6.09 Å². The van der Waals surface area contributed by atoms with Gasteiger partial charge in [-0.15, -0.1) is 0 Å². The van der Waals surface area contributed by atoms with Gasteiger partial charge in [-0.2, -0.15) is 0 Å². The van der Waals surface area contributed by atoms with Crippen LogP contribution in [0.15, 0.2) is 18.2 Å². The van der Waals surface area contributed by atoms with Gasteiger partial charge in [-0.05, 0) is 57.9 Å². The molecule has 0 aliphatic carbocycles. The van der Waals surface area contributed by atoms with Gasteiger partial charge in [0.1, 0.15) is 5.60 Å². The lowest BCUT2D eigenvalue weighted by atomic mass is 10.1. The molecule has 4 nitrogen and oxygen atoms in total. The second kappa shape index (κ2) is 7.70. The zero-order chi connectivity index (χ0) is 15.9. The van der Waals surface area contributed by atoms with Crippen LogP contribution in [0.25, 0.3) is 0 Å². The van der Waals surface area contributed by atoms with Gasteiger partial charge in [-0.25, -0.2) is 4.79 Å². The number of unbranched alkanes of at least 4 members (excludes halogenated alkanes) is 1. The Kier molecular flexibility index (Phi) is 6.26. The minimum Gasteiger partial charge on any atom is -0.444 e. The number of anilines is 1. The van der Waals surface area contributed by atoms with Gasteiger partial charge < -0.3 is 9.84 Å². The molecule has 0 aromatic heterocycles. The van der Waals surface area contributed by atoms with Crippen LogP contribution in [-0.2, 0) is 4.74 Å². The van der Waals surface area contributed by atoms with E-state index in [1.165, 1.54) is 0 Å². The lowest BCUT2D eigenvalue weighted by molar-refractivity contribution is 0.0636. The van der Waals surface area contributed by atoms with E-state index in [-0.39, 0.29) is 6.61 Å². The lowest BCUT2D eigenvalue weighted by Gasteiger charge is -2.19. The Hall–Kier alpha value is -1.99. The van der Waals surface area contributed by atoms with E-state index >= 15 is 0 Å². The Bertz CT molecular complexity index is 547. The number of nitrogens with one attached hydrogen (secondary N) is 1. The normalized spacial score (nSPS) is 10.5. The van der Waals surface area contributed by atoms with Crippen LogP contribution >= 0.6 is 0 Å². The van der Waals surface area contributed by atoms with Crippen molar-refractivity contribution in [1.29, 1.82) is 0 Å². The predicted octanol–water partition coefficient (Wildman–Crippen LogP) is 3.47. The molecule has 0 atom stereocenters. The van der Waals surface area contributed by atoms with Gasteiger partial charge in [0, 0.05) is 24.3 Å². The van der Waals surface area contributed by atoms with Gasteiger partial charge in [0.2, 0.25) is 0 Å². The van der Waals surface area contributed by atoms with Crippen LogP contribution in [0.4, 0.5) is 10.5 Å². The maximum atomic E-state index is 11.7. The lowest BCUT2D eigenvalue weighted by Crippen LogP contribution is -2.27. The first-order valence-electron chi connectivity index (χ1n) is 7.02. The van der Waals surface area contributed by atoms with Crippen molar-refractivity contribution >= 4 is 11.8 Å². The van der Waals surface area contributed by atoms with E-state index in [1.807, 2.05) is 39.8 Å². The number of aliphatic hydroxyl groups excluding tert-OH is 1. The topological polar surface area (TPSA) is 58.6 Å². The van der Waals surface area contributed by atoms with E-state index in [2.05, 4.69) is 17.2 Å². The summed E-state index contributed by atoms with van der Waals surface area (Å²) in [6.07, 6.45) is 0.890. The van der Waals surface area contributed by atoms with Crippen LogP contribution in [0.3, 0.4) is 0 Å². The first kappa shape index (κ1) is 17.1. The summed E-state index contributed by atoms with van der Waals surface area (Å²) < 4.78 is 5.20. The summed E-state index contributed by atoms with van der Waals surface area (Å²) in [6.45, 7) is 7.57. The van der Waals surface area contributed by atoms with Gasteiger partial charge in [-0.3, -0.25) is 5.32 Å². The molecule has 0 aliphatic heterocycles. The molecule has 1 rings (SSSR count). The first-order valence-corrected chi connectivity index (χ1v) is 7.02. The zero-order valence-electron chi connectivity index (χ0n) is 13.1. The summed E-state index contributed by atoms with van der Waals surface area (Å²) in [6, 6.07) is 5.53. The van der Waals surface area contributed by atoms with Crippen LogP contribution in [0.5, 0.6) is 0 Å². The Morgan fingerprint density at radius 1 is 1.38 bits per heavy atom. The maximum absolute atomic E-state index is 11.7. The summed E-state index contributed by atoms with van der Waals surface area (Å²) in [5.74, 6) is 6.07. The Labute approximate surface area is 126 Å². The number of aryl methyl sites for hydroxylation is 1. The second-order valence-electron chi connectivity index (χ2n) is 5.79. The van der Waals surface area contributed by atoms with Gasteiger partial charge in [0.15, 0.2) is 0 Å². The third-order valence-corrected chi connectivity index (χ3v) is 2.55. The van der Waals surface area contributed by atoms with Crippen molar-refractivity contribution in [2.75, 3.05) is 11.9 Å². The third-order valence-electron chi connectivity index (χ3n) is 2.55. The van der Waals surface area contributed by atoms with Crippen molar-refractivity contribution in [2.45, 2.75) is 46.1 Å². The highest BCUT2D eigenvalue weighted by Crippen LogP contribution is 2.16. The molecule has 0 fully saturated rings. The quantitative estimate of drug-likeness (QED) is 0.661. The molecule has 0 radical (unpaired) electrons. The van der Waals surface area contributed by atoms with Gasteiger partial charge in [-0.1, -0.05) is 11.8 Å². The number of rotatable bonds is 3. The Balaban J connectivity index is 2.69. The molecule has 1 aromatic rings. The molecule has 1 amide bonds. The van der Waals surface area contributed by atoms with Crippen LogP contribution in [0.1, 0.15) is 44.7 Å². The van der Waals surface area contributed by atoms with Crippen LogP contribution in [-0.4, -0.2) is 23.4 Å². The summed E-state index contributed by atoms with van der Waals surface area (Å²) in [4.78, 5) is 11.7. The molecule has 0 aliphatic rings. The number of hydrogen-bond donors (Lipinski definition) is 2. The fourth-order valence-electron chi connectivity index (χ4n) is 1.63. The summed E-state index contributed by atoms with van der Waals surface area (Å²) in [7, 11) is 0. The highest BCUT2D eigenvalue weighted by Gasteiger charge is 2.16. The number of amides is 1. The molecule has 0 saturated heterocycles. The summed E-state index contributed by atoms with van der Waals surface area (Å²) in [5, 5.41) is 11.4. The molecule has 4 heteroatoms. The van der Waals surface area contributed by atoms with Gasteiger partial charge in [0.05, 0.1) is 0 Å². The molecule has 0 spiro atoms. The summed E-state index contributed by atoms with van der Waals surface area (Å²) in [5.41, 5.74) is 2.07. The van der Waals surface area contributed by atoms with E-state index in [4.69, 9.17) is 9.84 Å². The number of aliphatic hydroxyl groups is 1. The SMILES string of the molecule is Cc1cc(NC(=O)OC(C)(C)C)ccc1C#CCCCO. The average Bonchev–Trinajstić information content (AvgIpc) is 2.34. The second-order valence-corrected chi connectivity index (χ2v) is 5.79. The van der Waals surface area contributed by atoms with Crippen molar-refractivity contribution in [1.82, 2.24) is 0 Å². The molecule has 0 unspecified atom stereocenters. The smallest absolute Gasteiger partial charge is 0.412 e. The molecule has 1 aromatic carbocycles. The predicted molar refractivity (Wildman–Crippen MR) is 84.2 cm³/mol. The average molecular weight is 289 g/mol. The Morgan fingerprint density at radius 2 is 2.10 bits per heavy atom. The standard InChI is InChI=1S/C17H23NO3/c1-13-12-15(18-16(20)21-17(2,3)4)10-9-14(13)8-6-5-7-11-19/h9-10,12,19H,5,7,11H2,1-4H3,(H,18,20). The highest BCUT2D eigenvalue weighted by atomic mass is 16.6. The molecular formula is C17H23NO3. The van der Waals surface area contributed by atoms with Crippen molar-refractivity contribution in [2.24, 2.45) is 0 Å². The highest BCUT2D eigenvalue weighted by molar-refractivity contribution is 5.85. The van der Waals surface area contributed by atoms with Gasteiger partial charge in [0.25, 0.3) is 0 Å². The minimum absolute atomic E-state index is 0.159. The summed E-state index contributed by atoms with van der Waals surface area (Å²) >= 11 is 0. The number of carbonyl (C=O) groups excluding carboxylic acids is 1. The molecule has 21 heavy (non-hydrogen) atoms.